The van der Waals surface area contributed by atoms with Crippen LogP contribution in [0.4, 0.5) is 5.95 Å². The standard InChI is InChI=1S/C15H13ClN6O2S/c1-8-3-4-9(7-10(8)16)11-5-6-12(24-11)13(23)17-15(25)18-14-19-21-22(2)20-14/h3-7H,1-2H3,(H2,17,18,20,23,25). The average molecular weight is 377 g/mol. The number of hydrogen-bond acceptors (Lipinski definition) is 6. The van der Waals surface area contributed by atoms with Crippen LogP contribution in [-0.2, 0) is 7.05 Å². The average Bonchev–Trinajstić information content (AvgIpc) is 3.19. The van der Waals surface area contributed by atoms with Gasteiger partial charge in [-0.15, -0.1) is 5.10 Å². The highest BCUT2D eigenvalue weighted by Gasteiger charge is 2.15. The van der Waals surface area contributed by atoms with Crippen molar-refractivity contribution in [2.24, 2.45) is 7.05 Å². The zero-order valence-corrected chi connectivity index (χ0v) is 14.9. The Hall–Kier alpha value is -2.78. The van der Waals surface area contributed by atoms with E-state index in [1.54, 1.807) is 25.2 Å². The number of carbonyl (C=O) groups is 1. The number of halogens is 1. The Morgan fingerprint density at radius 1 is 1.32 bits per heavy atom. The first kappa shape index (κ1) is 17.1. The molecule has 0 saturated carbocycles. The van der Waals surface area contributed by atoms with Gasteiger partial charge in [-0.1, -0.05) is 28.8 Å². The van der Waals surface area contributed by atoms with Crippen LogP contribution in [0.1, 0.15) is 16.1 Å². The number of aromatic nitrogens is 4. The van der Waals surface area contributed by atoms with Crippen LogP contribution in [0.25, 0.3) is 11.3 Å². The molecule has 0 spiro atoms. The lowest BCUT2D eigenvalue weighted by Gasteiger charge is -2.04. The second-order valence-electron chi connectivity index (χ2n) is 5.14. The summed E-state index contributed by atoms with van der Waals surface area (Å²) >= 11 is 11.1. The zero-order valence-electron chi connectivity index (χ0n) is 13.3. The minimum Gasteiger partial charge on any atom is -0.451 e. The summed E-state index contributed by atoms with van der Waals surface area (Å²) < 4.78 is 5.58. The molecule has 2 heterocycles. The molecule has 128 valence electrons. The van der Waals surface area contributed by atoms with Crippen molar-refractivity contribution in [3.8, 4) is 11.3 Å². The molecule has 0 unspecified atom stereocenters. The van der Waals surface area contributed by atoms with E-state index in [1.807, 2.05) is 19.1 Å². The number of tetrazole rings is 1. The Balaban J connectivity index is 1.67. The van der Waals surface area contributed by atoms with Gasteiger partial charge in [0.05, 0.1) is 7.05 Å². The van der Waals surface area contributed by atoms with Gasteiger partial charge >= 0.3 is 0 Å². The minimum atomic E-state index is -0.495. The number of hydrogen-bond donors (Lipinski definition) is 2. The Morgan fingerprint density at radius 3 is 2.80 bits per heavy atom. The summed E-state index contributed by atoms with van der Waals surface area (Å²) in [7, 11) is 1.61. The summed E-state index contributed by atoms with van der Waals surface area (Å²) in [6.45, 7) is 1.91. The molecule has 0 aliphatic heterocycles. The molecule has 8 nitrogen and oxygen atoms in total. The first-order valence-corrected chi connectivity index (χ1v) is 7.93. The molecule has 3 rings (SSSR count). The van der Waals surface area contributed by atoms with Gasteiger partial charge in [0.1, 0.15) is 5.76 Å². The molecule has 2 aromatic heterocycles. The Morgan fingerprint density at radius 2 is 2.12 bits per heavy atom. The number of anilines is 1. The maximum Gasteiger partial charge on any atom is 0.293 e. The fourth-order valence-electron chi connectivity index (χ4n) is 1.99. The number of amides is 1. The van der Waals surface area contributed by atoms with Crippen molar-refractivity contribution in [3.05, 3.63) is 46.7 Å². The highest BCUT2D eigenvalue weighted by atomic mass is 35.5. The maximum atomic E-state index is 12.2. The van der Waals surface area contributed by atoms with Gasteiger partial charge < -0.3 is 4.42 Å². The van der Waals surface area contributed by atoms with E-state index in [1.165, 1.54) is 4.80 Å². The highest BCUT2D eigenvalue weighted by Crippen LogP contribution is 2.26. The number of nitrogens with zero attached hydrogens (tertiary/aromatic N) is 4. The first-order valence-electron chi connectivity index (χ1n) is 7.15. The van der Waals surface area contributed by atoms with Crippen molar-refractivity contribution in [2.45, 2.75) is 6.92 Å². The third-order valence-electron chi connectivity index (χ3n) is 3.25. The highest BCUT2D eigenvalue weighted by molar-refractivity contribution is 7.80. The molecule has 0 bridgehead atoms. The second-order valence-corrected chi connectivity index (χ2v) is 5.95. The molecule has 2 N–H and O–H groups in total. The van der Waals surface area contributed by atoms with Crippen LogP contribution in [0.15, 0.2) is 34.7 Å². The lowest BCUT2D eigenvalue weighted by Crippen LogP contribution is -2.34. The van der Waals surface area contributed by atoms with Crippen molar-refractivity contribution >= 4 is 40.8 Å². The monoisotopic (exact) mass is 376 g/mol. The molecular weight excluding hydrogens is 364 g/mol. The molecule has 1 amide bonds. The van der Waals surface area contributed by atoms with Gasteiger partial charge in [-0.3, -0.25) is 15.4 Å². The van der Waals surface area contributed by atoms with Crippen molar-refractivity contribution in [1.29, 1.82) is 0 Å². The summed E-state index contributed by atoms with van der Waals surface area (Å²) in [5, 5.41) is 17.1. The maximum absolute atomic E-state index is 12.2. The fourth-order valence-corrected chi connectivity index (χ4v) is 2.36. The number of thiocarbonyl (C=S) groups is 1. The molecule has 0 fully saturated rings. The number of nitrogens with one attached hydrogen (secondary N) is 2. The third kappa shape index (κ3) is 4.01. The molecule has 0 atom stereocenters. The quantitative estimate of drug-likeness (QED) is 0.678. The molecule has 0 aliphatic rings. The Kier molecular flexibility index (Phi) is 4.77. The van der Waals surface area contributed by atoms with Gasteiger partial charge in [-0.2, -0.15) is 4.80 Å². The summed E-state index contributed by atoms with van der Waals surface area (Å²) in [6.07, 6.45) is 0. The molecule has 0 radical (unpaired) electrons. The lowest BCUT2D eigenvalue weighted by atomic mass is 10.1. The van der Waals surface area contributed by atoms with E-state index in [2.05, 4.69) is 26.0 Å². The Labute approximate surface area is 153 Å². The van der Waals surface area contributed by atoms with E-state index in [0.29, 0.717) is 10.8 Å². The lowest BCUT2D eigenvalue weighted by molar-refractivity contribution is 0.0951. The summed E-state index contributed by atoms with van der Waals surface area (Å²) in [5.74, 6) is 0.331. The van der Waals surface area contributed by atoms with Crippen LogP contribution in [0.5, 0.6) is 0 Å². The van der Waals surface area contributed by atoms with Crippen LogP contribution in [0.3, 0.4) is 0 Å². The van der Waals surface area contributed by atoms with E-state index in [-0.39, 0.29) is 16.8 Å². The van der Waals surface area contributed by atoms with Crippen LogP contribution < -0.4 is 10.6 Å². The molecule has 1 aromatic carbocycles. The predicted molar refractivity (Wildman–Crippen MR) is 96.4 cm³/mol. The first-order chi connectivity index (χ1) is 11.9. The van der Waals surface area contributed by atoms with E-state index < -0.39 is 5.91 Å². The topological polar surface area (TPSA) is 97.9 Å². The molecule has 3 aromatic rings. The Bertz CT molecular complexity index is 951. The van der Waals surface area contributed by atoms with E-state index in [4.69, 9.17) is 28.2 Å². The van der Waals surface area contributed by atoms with Crippen LogP contribution in [0, 0.1) is 6.92 Å². The molecule has 0 saturated heterocycles. The van der Waals surface area contributed by atoms with E-state index in [0.717, 1.165) is 11.1 Å². The SMILES string of the molecule is Cc1ccc(-c2ccc(C(=O)NC(=S)Nc3nnn(C)n3)o2)cc1Cl. The minimum absolute atomic E-state index is 0.0364. The van der Waals surface area contributed by atoms with Gasteiger partial charge in [0.2, 0.25) is 0 Å². The fraction of sp³-hybridized carbons (Fsp3) is 0.133. The smallest absolute Gasteiger partial charge is 0.293 e. The van der Waals surface area contributed by atoms with Gasteiger partial charge in [0.25, 0.3) is 11.9 Å². The van der Waals surface area contributed by atoms with Gasteiger partial charge in [-0.25, -0.2) is 0 Å². The number of rotatable bonds is 3. The predicted octanol–water partition coefficient (Wildman–Crippen LogP) is 2.56. The summed E-state index contributed by atoms with van der Waals surface area (Å²) in [6, 6.07) is 8.78. The summed E-state index contributed by atoms with van der Waals surface area (Å²) in [4.78, 5) is 13.5. The van der Waals surface area contributed by atoms with Crippen molar-refractivity contribution in [1.82, 2.24) is 25.5 Å². The normalized spacial score (nSPS) is 10.5. The third-order valence-corrected chi connectivity index (χ3v) is 3.86. The zero-order chi connectivity index (χ0) is 18.0. The van der Waals surface area contributed by atoms with Crippen molar-refractivity contribution in [3.63, 3.8) is 0 Å². The largest absolute Gasteiger partial charge is 0.451 e. The molecular formula is C15H13ClN6O2S. The van der Waals surface area contributed by atoms with Crippen LogP contribution in [0.2, 0.25) is 5.02 Å². The van der Waals surface area contributed by atoms with Crippen LogP contribution >= 0.6 is 23.8 Å². The van der Waals surface area contributed by atoms with Crippen molar-refractivity contribution in [2.75, 3.05) is 5.32 Å². The van der Waals surface area contributed by atoms with Crippen molar-refractivity contribution < 1.29 is 9.21 Å². The van der Waals surface area contributed by atoms with Gasteiger partial charge in [0, 0.05) is 10.6 Å². The molecule has 25 heavy (non-hydrogen) atoms. The van der Waals surface area contributed by atoms with E-state index >= 15 is 0 Å². The second kappa shape index (κ2) is 6.99. The number of furan rings is 1. The molecule has 0 aliphatic carbocycles. The number of aryl methyl sites for hydroxylation is 2. The molecule has 10 heteroatoms. The van der Waals surface area contributed by atoms with Gasteiger partial charge in [-0.05, 0) is 48.1 Å². The van der Waals surface area contributed by atoms with E-state index in [9.17, 15) is 4.79 Å². The van der Waals surface area contributed by atoms with Crippen LogP contribution in [-0.4, -0.2) is 31.2 Å². The number of benzene rings is 1. The van der Waals surface area contributed by atoms with Gasteiger partial charge in [0.15, 0.2) is 10.9 Å². The number of carbonyl (C=O) groups excluding carboxylic acids is 1. The summed E-state index contributed by atoms with van der Waals surface area (Å²) in [5.41, 5.74) is 1.74.